The smallest absolute Gasteiger partial charge is 0.122 e. The Morgan fingerprint density at radius 1 is 1.12 bits per heavy atom. The molecule has 0 aliphatic rings. The van der Waals surface area contributed by atoms with Crippen LogP contribution < -0.4 is 4.74 Å². The Morgan fingerprint density at radius 2 is 1.88 bits per heavy atom. The average Bonchev–Trinajstić information content (AvgIpc) is 2.33. The first-order chi connectivity index (χ1) is 8.22. The quantitative estimate of drug-likeness (QED) is 0.674. The second kappa shape index (κ2) is 7.33. The molecule has 0 radical (unpaired) electrons. The van der Waals surface area contributed by atoms with Crippen LogP contribution in [0, 0.1) is 6.92 Å². The van der Waals surface area contributed by atoms with Gasteiger partial charge in [-0.3, -0.25) is 0 Å². The summed E-state index contributed by atoms with van der Waals surface area (Å²) >= 11 is 0. The van der Waals surface area contributed by atoms with Crippen molar-refractivity contribution in [1.29, 1.82) is 0 Å². The first-order valence-electron chi connectivity index (χ1n) is 6.38. The zero-order valence-corrected chi connectivity index (χ0v) is 11.5. The van der Waals surface area contributed by atoms with E-state index in [0.29, 0.717) is 0 Å². The highest BCUT2D eigenvalue weighted by atomic mass is 16.5. The van der Waals surface area contributed by atoms with Crippen LogP contribution in [0.25, 0.3) is 0 Å². The van der Waals surface area contributed by atoms with Gasteiger partial charge in [-0.25, -0.2) is 0 Å². The van der Waals surface area contributed by atoms with E-state index >= 15 is 0 Å². The standard InChI is InChI=1S/C15H24O2/c1-5-7-14-10-13(8-6-9-16-3)11-15(17-4)12(14)2/h10-11H,5-9H2,1-4H3. The van der Waals surface area contributed by atoms with E-state index in [9.17, 15) is 0 Å². The average molecular weight is 236 g/mol. The minimum Gasteiger partial charge on any atom is -0.496 e. The van der Waals surface area contributed by atoms with Crippen molar-refractivity contribution in [3.8, 4) is 5.75 Å². The number of methoxy groups -OCH3 is 2. The van der Waals surface area contributed by atoms with Gasteiger partial charge in [0.05, 0.1) is 7.11 Å². The SMILES string of the molecule is CCCc1cc(CCCOC)cc(OC)c1C. The van der Waals surface area contributed by atoms with Gasteiger partial charge in [0.1, 0.15) is 5.75 Å². The summed E-state index contributed by atoms with van der Waals surface area (Å²) in [5.74, 6) is 1.02. The molecule has 0 aliphatic heterocycles. The van der Waals surface area contributed by atoms with Gasteiger partial charge in [0, 0.05) is 13.7 Å². The first kappa shape index (κ1) is 14.0. The Labute approximate surface area is 105 Å². The first-order valence-corrected chi connectivity index (χ1v) is 6.38. The van der Waals surface area contributed by atoms with Crippen LogP contribution >= 0.6 is 0 Å². The second-order valence-corrected chi connectivity index (χ2v) is 4.43. The number of aryl methyl sites for hydroxylation is 2. The predicted molar refractivity (Wildman–Crippen MR) is 71.9 cm³/mol. The van der Waals surface area contributed by atoms with Gasteiger partial charge in [-0.2, -0.15) is 0 Å². The highest BCUT2D eigenvalue weighted by Crippen LogP contribution is 2.25. The molecule has 1 aromatic carbocycles. The van der Waals surface area contributed by atoms with Crippen molar-refractivity contribution >= 4 is 0 Å². The van der Waals surface area contributed by atoms with Crippen molar-refractivity contribution in [3.05, 3.63) is 28.8 Å². The summed E-state index contributed by atoms with van der Waals surface area (Å²) in [6, 6.07) is 4.47. The third-order valence-electron chi connectivity index (χ3n) is 3.08. The van der Waals surface area contributed by atoms with Gasteiger partial charge in [-0.1, -0.05) is 19.4 Å². The minimum absolute atomic E-state index is 0.819. The normalized spacial score (nSPS) is 10.6. The molecular weight excluding hydrogens is 212 g/mol. The monoisotopic (exact) mass is 236 g/mol. The zero-order valence-electron chi connectivity index (χ0n) is 11.5. The molecule has 2 nitrogen and oxygen atoms in total. The fourth-order valence-corrected chi connectivity index (χ4v) is 2.11. The summed E-state index contributed by atoms with van der Waals surface area (Å²) in [6.07, 6.45) is 4.42. The molecule has 0 unspecified atom stereocenters. The van der Waals surface area contributed by atoms with Gasteiger partial charge in [-0.05, 0) is 48.9 Å². The Bertz CT molecular complexity index is 345. The maximum Gasteiger partial charge on any atom is 0.122 e. The number of rotatable bonds is 7. The lowest BCUT2D eigenvalue weighted by molar-refractivity contribution is 0.195. The van der Waals surface area contributed by atoms with Crippen LogP contribution in [0.4, 0.5) is 0 Å². The lowest BCUT2D eigenvalue weighted by Gasteiger charge is -2.13. The van der Waals surface area contributed by atoms with Gasteiger partial charge in [0.25, 0.3) is 0 Å². The molecule has 0 amide bonds. The van der Waals surface area contributed by atoms with Crippen LogP contribution in [-0.2, 0) is 17.6 Å². The lowest BCUT2D eigenvalue weighted by Crippen LogP contribution is -1.99. The number of ether oxygens (including phenoxy) is 2. The van der Waals surface area contributed by atoms with E-state index in [-0.39, 0.29) is 0 Å². The van der Waals surface area contributed by atoms with E-state index in [2.05, 4.69) is 26.0 Å². The van der Waals surface area contributed by atoms with Gasteiger partial charge < -0.3 is 9.47 Å². The number of benzene rings is 1. The Balaban J connectivity index is 2.86. The van der Waals surface area contributed by atoms with Gasteiger partial charge in [0.2, 0.25) is 0 Å². The van der Waals surface area contributed by atoms with Crippen LogP contribution in [0.2, 0.25) is 0 Å². The molecule has 0 atom stereocenters. The molecule has 96 valence electrons. The molecule has 17 heavy (non-hydrogen) atoms. The van der Waals surface area contributed by atoms with E-state index in [1.54, 1.807) is 14.2 Å². The van der Waals surface area contributed by atoms with E-state index in [1.807, 2.05) is 0 Å². The Morgan fingerprint density at radius 3 is 2.47 bits per heavy atom. The van der Waals surface area contributed by atoms with Crippen molar-refractivity contribution < 1.29 is 9.47 Å². The summed E-state index contributed by atoms with van der Waals surface area (Å²) in [7, 11) is 3.50. The highest BCUT2D eigenvalue weighted by molar-refractivity contribution is 5.43. The summed E-state index contributed by atoms with van der Waals surface area (Å²) in [4.78, 5) is 0. The minimum atomic E-state index is 0.819. The summed E-state index contributed by atoms with van der Waals surface area (Å²) in [6.45, 7) is 5.17. The predicted octanol–water partition coefficient (Wildman–Crippen LogP) is 3.54. The zero-order chi connectivity index (χ0) is 12.7. The van der Waals surface area contributed by atoms with Crippen molar-refractivity contribution in [3.63, 3.8) is 0 Å². The molecule has 0 saturated carbocycles. The van der Waals surface area contributed by atoms with E-state index < -0.39 is 0 Å². The molecule has 1 rings (SSSR count). The van der Waals surface area contributed by atoms with Crippen molar-refractivity contribution in [2.75, 3.05) is 20.8 Å². The Kier molecular flexibility index (Phi) is 6.06. The van der Waals surface area contributed by atoms with E-state index in [1.165, 1.54) is 23.1 Å². The van der Waals surface area contributed by atoms with Crippen LogP contribution in [0.1, 0.15) is 36.5 Å². The van der Waals surface area contributed by atoms with Gasteiger partial charge in [0.15, 0.2) is 0 Å². The fourth-order valence-electron chi connectivity index (χ4n) is 2.11. The molecule has 0 heterocycles. The van der Waals surface area contributed by atoms with Crippen LogP contribution in [-0.4, -0.2) is 20.8 Å². The molecule has 0 aromatic heterocycles. The molecule has 0 N–H and O–H groups in total. The van der Waals surface area contributed by atoms with Gasteiger partial charge >= 0.3 is 0 Å². The third kappa shape index (κ3) is 4.04. The Hall–Kier alpha value is -1.02. The molecule has 0 bridgehead atoms. The van der Waals surface area contributed by atoms with Crippen molar-refractivity contribution in [2.24, 2.45) is 0 Å². The van der Waals surface area contributed by atoms with E-state index in [0.717, 1.165) is 31.6 Å². The summed E-state index contributed by atoms with van der Waals surface area (Å²) < 4.78 is 10.5. The lowest BCUT2D eigenvalue weighted by atomic mass is 9.98. The topological polar surface area (TPSA) is 18.5 Å². The van der Waals surface area contributed by atoms with Gasteiger partial charge in [-0.15, -0.1) is 0 Å². The van der Waals surface area contributed by atoms with Crippen molar-refractivity contribution in [2.45, 2.75) is 39.5 Å². The van der Waals surface area contributed by atoms with Crippen LogP contribution in [0.5, 0.6) is 5.75 Å². The molecule has 2 heteroatoms. The highest BCUT2D eigenvalue weighted by Gasteiger charge is 2.07. The molecular formula is C15H24O2. The third-order valence-corrected chi connectivity index (χ3v) is 3.08. The van der Waals surface area contributed by atoms with Crippen molar-refractivity contribution in [1.82, 2.24) is 0 Å². The molecule has 0 fully saturated rings. The van der Waals surface area contributed by atoms with E-state index in [4.69, 9.17) is 9.47 Å². The van der Waals surface area contributed by atoms with Crippen LogP contribution in [0.3, 0.4) is 0 Å². The molecule has 1 aromatic rings. The molecule has 0 saturated heterocycles. The maximum absolute atomic E-state index is 5.45. The largest absolute Gasteiger partial charge is 0.496 e. The summed E-state index contributed by atoms with van der Waals surface area (Å²) in [5.41, 5.74) is 4.05. The fraction of sp³-hybridized carbons (Fsp3) is 0.600. The number of hydrogen-bond donors (Lipinski definition) is 0. The second-order valence-electron chi connectivity index (χ2n) is 4.43. The maximum atomic E-state index is 5.45. The number of hydrogen-bond acceptors (Lipinski definition) is 2. The molecule has 0 spiro atoms. The molecule has 0 aliphatic carbocycles. The van der Waals surface area contributed by atoms with Crippen LogP contribution in [0.15, 0.2) is 12.1 Å². The summed E-state index contributed by atoms with van der Waals surface area (Å²) in [5, 5.41) is 0.